The molecule has 1 heterocycles. The molecule has 1 aliphatic rings. The molecule has 27 heavy (non-hydrogen) atoms. The highest BCUT2D eigenvalue weighted by molar-refractivity contribution is 7.89. The molecule has 0 unspecified atom stereocenters. The molecule has 1 aliphatic heterocycles. The van der Waals surface area contributed by atoms with Crippen LogP contribution in [0.3, 0.4) is 0 Å². The van der Waals surface area contributed by atoms with Crippen molar-refractivity contribution in [2.75, 3.05) is 18.4 Å². The van der Waals surface area contributed by atoms with Crippen LogP contribution in [0.2, 0.25) is 10.0 Å². The maximum Gasteiger partial charge on any atom is 0.255 e. The average molecular weight is 431 g/mol. The van der Waals surface area contributed by atoms with E-state index in [1.807, 2.05) is 0 Å². The first-order valence-corrected chi connectivity index (χ1v) is 10.5. The van der Waals surface area contributed by atoms with E-state index in [4.69, 9.17) is 23.2 Å². The summed E-state index contributed by atoms with van der Waals surface area (Å²) in [4.78, 5) is 12.3. The zero-order valence-corrected chi connectivity index (χ0v) is 16.5. The van der Waals surface area contributed by atoms with Gasteiger partial charge < -0.3 is 5.32 Å². The molecule has 0 aromatic heterocycles. The fraction of sp³-hybridized carbons (Fsp3) is 0.278. The molecule has 2 aromatic carbocycles. The summed E-state index contributed by atoms with van der Waals surface area (Å²) in [6.45, 7) is 0.843. The van der Waals surface area contributed by atoms with Crippen LogP contribution in [-0.4, -0.2) is 31.7 Å². The number of halogens is 3. The van der Waals surface area contributed by atoms with Crippen molar-refractivity contribution >= 4 is 44.8 Å². The standard InChI is InChI=1S/C18H17Cl2FN2O3S/c19-13-5-7-16(15(21)11-13)22-18(24)12-4-6-14(20)17(10-12)27(25,26)23-8-2-1-3-9-23/h4-7,10-11H,1-3,8-9H2,(H,22,24). The lowest BCUT2D eigenvalue weighted by molar-refractivity contribution is 0.102. The van der Waals surface area contributed by atoms with Crippen molar-refractivity contribution in [2.24, 2.45) is 0 Å². The molecule has 0 atom stereocenters. The van der Waals surface area contributed by atoms with E-state index in [0.717, 1.165) is 25.3 Å². The van der Waals surface area contributed by atoms with Gasteiger partial charge in [-0.3, -0.25) is 4.79 Å². The first kappa shape index (κ1) is 20.1. The van der Waals surface area contributed by atoms with Crippen LogP contribution in [0.25, 0.3) is 0 Å². The van der Waals surface area contributed by atoms with Crippen molar-refractivity contribution in [2.45, 2.75) is 24.2 Å². The van der Waals surface area contributed by atoms with Crippen LogP contribution in [0.15, 0.2) is 41.3 Å². The average Bonchev–Trinajstić information content (AvgIpc) is 2.65. The van der Waals surface area contributed by atoms with E-state index in [9.17, 15) is 17.6 Å². The largest absolute Gasteiger partial charge is 0.319 e. The first-order valence-electron chi connectivity index (χ1n) is 8.35. The molecule has 1 saturated heterocycles. The van der Waals surface area contributed by atoms with Gasteiger partial charge in [-0.05, 0) is 49.2 Å². The van der Waals surface area contributed by atoms with Gasteiger partial charge in [-0.1, -0.05) is 29.6 Å². The first-order chi connectivity index (χ1) is 12.8. The van der Waals surface area contributed by atoms with Crippen molar-refractivity contribution in [3.05, 3.63) is 57.8 Å². The van der Waals surface area contributed by atoms with Crippen LogP contribution in [0, 0.1) is 5.82 Å². The number of piperidine rings is 1. The van der Waals surface area contributed by atoms with E-state index in [1.54, 1.807) is 0 Å². The number of nitrogens with one attached hydrogen (secondary N) is 1. The number of amides is 1. The Balaban J connectivity index is 1.89. The molecule has 1 fully saturated rings. The Labute approximate surface area is 167 Å². The van der Waals surface area contributed by atoms with Crippen LogP contribution >= 0.6 is 23.2 Å². The third kappa shape index (κ3) is 4.43. The smallest absolute Gasteiger partial charge is 0.255 e. The van der Waals surface area contributed by atoms with E-state index in [2.05, 4.69) is 5.32 Å². The summed E-state index contributed by atoms with van der Waals surface area (Å²) in [6, 6.07) is 7.80. The molecule has 9 heteroatoms. The van der Waals surface area contributed by atoms with Crippen LogP contribution in [0.4, 0.5) is 10.1 Å². The van der Waals surface area contributed by atoms with Gasteiger partial charge in [0, 0.05) is 23.7 Å². The fourth-order valence-corrected chi connectivity index (χ4v) is 5.05. The molecule has 1 amide bonds. The normalized spacial score (nSPS) is 15.5. The van der Waals surface area contributed by atoms with Gasteiger partial charge in [0.1, 0.15) is 10.7 Å². The van der Waals surface area contributed by atoms with Gasteiger partial charge in [-0.2, -0.15) is 4.31 Å². The van der Waals surface area contributed by atoms with Gasteiger partial charge in [0.15, 0.2) is 0 Å². The molecule has 2 aromatic rings. The van der Waals surface area contributed by atoms with Crippen molar-refractivity contribution in [1.29, 1.82) is 0 Å². The summed E-state index contributed by atoms with van der Waals surface area (Å²) in [5.74, 6) is -1.34. The van der Waals surface area contributed by atoms with Crippen LogP contribution in [0.5, 0.6) is 0 Å². The number of rotatable bonds is 4. The quantitative estimate of drug-likeness (QED) is 0.772. The Morgan fingerprint density at radius 3 is 2.41 bits per heavy atom. The highest BCUT2D eigenvalue weighted by atomic mass is 35.5. The summed E-state index contributed by atoms with van der Waals surface area (Å²) in [5, 5.41) is 2.64. The van der Waals surface area contributed by atoms with E-state index in [0.29, 0.717) is 13.1 Å². The van der Waals surface area contributed by atoms with Gasteiger partial charge in [0.2, 0.25) is 10.0 Å². The topological polar surface area (TPSA) is 66.5 Å². The van der Waals surface area contributed by atoms with Gasteiger partial charge >= 0.3 is 0 Å². The summed E-state index contributed by atoms with van der Waals surface area (Å²) in [5.41, 5.74) is 0.00382. The SMILES string of the molecule is O=C(Nc1ccc(Cl)cc1F)c1ccc(Cl)c(S(=O)(=O)N2CCCCC2)c1. The van der Waals surface area contributed by atoms with Crippen molar-refractivity contribution < 1.29 is 17.6 Å². The van der Waals surface area contributed by atoms with Crippen molar-refractivity contribution in [3.8, 4) is 0 Å². The van der Waals surface area contributed by atoms with Crippen LogP contribution in [0.1, 0.15) is 29.6 Å². The van der Waals surface area contributed by atoms with Gasteiger partial charge in [0.25, 0.3) is 5.91 Å². The fourth-order valence-electron chi connectivity index (χ4n) is 2.87. The van der Waals surface area contributed by atoms with Gasteiger partial charge in [0.05, 0.1) is 10.7 Å². The Bertz CT molecular complexity index is 977. The van der Waals surface area contributed by atoms with E-state index >= 15 is 0 Å². The molecule has 0 radical (unpaired) electrons. The highest BCUT2D eigenvalue weighted by Gasteiger charge is 2.28. The number of sulfonamides is 1. The molecule has 5 nitrogen and oxygen atoms in total. The monoisotopic (exact) mass is 430 g/mol. The summed E-state index contributed by atoms with van der Waals surface area (Å²) in [6.07, 6.45) is 2.55. The Morgan fingerprint density at radius 2 is 1.74 bits per heavy atom. The molecule has 0 spiro atoms. The summed E-state index contributed by atoms with van der Waals surface area (Å²) in [7, 11) is -3.81. The number of hydrogen-bond donors (Lipinski definition) is 1. The maximum atomic E-state index is 13.9. The lowest BCUT2D eigenvalue weighted by atomic mass is 10.2. The molecule has 1 N–H and O–H groups in total. The molecule has 3 rings (SSSR count). The minimum Gasteiger partial charge on any atom is -0.319 e. The second-order valence-electron chi connectivity index (χ2n) is 6.19. The second-order valence-corrected chi connectivity index (χ2v) is 8.94. The maximum absolute atomic E-state index is 13.9. The van der Waals surface area contributed by atoms with E-state index in [-0.39, 0.29) is 26.2 Å². The number of anilines is 1. The second kappa shape index (κ2) is 8.14. The molecular formula is C18H17Cl2FN2O3S. The third-order valence-electron chi connectivity index (χ3n) is 4.31. The Morgan fingerprint density at radius 1 is 1.04 bits per heavy atom. The molecular weight excluding hydrogens is 414 g/mol. The lowest BCUT2D eigenvalue weighted by Gasteiger charge is -2.26. The molecule has 0 saturated carbocycles. The van der Waals surface area contributed by atoms with E-state index in [1.165, 1.54) is 34.6 Å². The highest BCUT2D eigenvalue weighted by Crippen LogP contribution is 2.28. The minimum atomic E-state index is -3.81. The zero-order chi connectivity index (χ0) is 19.6. The molecule has 144 valence electrons. The van der Waals surface area contributed by atoms with Crippen molar-refractivity contribution in [3.63, 3.8) is 0 Å². The summed E-state index contributed by atoms with van der Waals surface area (Å²) >= 11 is 11.8. The van der Waals surface area contributed by atoms with Crippen molar-refractivity contribution in [1.82, 2.24) is 4.31 Å². The van der Waals surface area contributed by atoms with E-state index < -0.39 is 21.7 Å². The van der Waals surface area contributed by atoms with Crippen LogP contribution < -0.4 is 5.32 Å². The number of carbonyl (C=O) groups excluding carboxylic acids is 1. The summed E-state index contributed by atoms with van der Waals surface area (Å²) < 4.78 is 41.0. The zero-order valence-electron chi connectivity index (χ0n) is 14.2. The Kier molecular flexibility index (Phi) is 6.05. The number of nitrogens with zero attached hydrogens (tertiary/aromatic N) is 1. The third-order valence-corrected chi connectivity index (χ3v) is 6.92. The van der Waals surface area contributed by atoms with Gasteiger partial charge in [-0.15, -0.1) is 0 Å². The predicted octanol–water partition coefficient (Wildman–Crippen LogP) is 4.56. The van der Waals surface area contributed by atoms with Gasteiger partial charge in [-0.25, -0.2) is 12.8 Å². The molecule has 0 aliphatic carbocycles. The minimum absolute atomic E-state index is 0.0368. The molecule has 0 bridgehead atoms. The predicted molar refractivity (Wildman–Crippen MR) is 103 cm³/mol. The number of carbonyl (C=O) groups is 1. The number of benzene rings is 2. The van der Waals surface area contributed by atoms with Crippen LogP contribution in [-0.2, 0) is 10.0 Å². The number of hydrogen-bond acceptors (Lipinski definition) is 3. The lowest BCUT2D eigenvalue weighted by Crippen LogP contribution is -2.35. The Hall–Kier alpha value is -1.67.